The Morgan fingerprint density at radius 1 is 1.07 bits per heavy atom. The molecular formula is C20H27N3O3S. The molecule has 7 heteroatoms. The molecule has 0 N–H and O–H groups in total. The van der Waals surface area contributed by atoms with E-state index < -0.39 is 5.25 Å². The standard InChI is InChI=1S/C20H27N3O3S/c1-3-21-10-7-11-22(13-12-21)19(25)15-8-5-6-9-16(15)27-17-14-18(24)23(4-2)20(17)26/h5-6,8-9,17H,3-4,7,10-14H2,1-2H3/t17-/m1/s1. The number of carbonyl (C=O) groups is 3. The zero-order valence-electron chi connectivity index (χ0n) is 16.0. The first-order chi connectivity index (χ1) is 13.0. The Balaban J connectivity index is 1.75. The molecule has 2 fully saturated rings. The molecule has 0 bridgehead atoms. The molecule has 0 radical (unpaired) electrons. The first kappa shape index (κ1) is 19.9. The largest absolute Gasteiger partial charge is 0.337 e. The molecule has 1 atom stereocenters. The van der Waals surface area contributed by atoms with Crippen molar-refractivity contribution >= 4 is 29.5 Å². The van der Waals surface area contributed by atoms with Crippen LogP contribution in [0.5, 0.6) is 0 Å². The molecule has 0 aromatic heterocycles. The molecule has 1 aromatic carbocycles. The van der Waals surface area contributed by atoms with E-state index in [4.69, 9.17) is 0 Å². The van der Waals surface area contributed by atoms with Gasteiger partial charge in [-0.1, -0.05) is 19.1 Å². The number of imide groups is 1. The number of likely N-dealkylation sites (tertiary alicyclic amines) is 1. The van der Waals surface area contributed by atoms with Crippen molar-refractivity contribution in [3.05, 3.63) is 29.8 Å². The lowest BCUT2D eigenvalue weighted by Crippen LogP contribution is -2.35. The maximum absolute atomic E-state index is 13.1. The van der Waals surface area contributed by atoms with Crippen molar-refractivity contribution in [2.24, 2.45) is 0 Å². The van der Waals surface area contributed by atoms with Gasteiger partial charge >= 0.3 is 0 Å². The fourth-order valence-electron chi connectivity index (χ4n) is 3.64. The second-order valence-electron chi connectivity index (χ2n) is 6.86. The molecule has 2 heterocycles. The number of likely N-dealkylation sites (N-methyl/N-ethyl adjacent to an activating group) is 1. The third-order valence-corrected chi connectivity index (χ3v) is 6.49. The minimum absolute atomic E-state index is 0.0140. The predicted molar refractivity (Wildman–Crippen MR) is 106 cm³/mol. The molecule has 0 aliphatic carbocycles. The average Bonchev–Trinajstić information content (AvgIpc) is 2.84. The predicted octanol–water partition coefficient (Wildman–Crippen LogP) is 2.09. The van der Waals surface area contributed by atoms with Gasteiger partial charge in [0.25, 0.3) is 5.91 Å². The molecule has 2 aliphatic rings. The summed E-state index contributed by atoms with van der Waals surface area (Å²) < 4.78 is 0. The van der Waals surface area contributed by atoms with E-state index in [1.807, 2.05) is 29.2 Å². The van der Waals surface area contributed by atoms with Crippen LogP contribution in [-0.4, -0.2) is 76.9 Å². The quantitative estimate of drug-likeness (QED) is 0.722. The zero-order valence-corrected chi connectivity index (χ0v) is 16.8. The van der Waals surface area contributed by atoms with Crippen LogP contribution in [0.25, 0.3) is 0 Å². The third kappa shape index (κ3) is 4.35. The molecule has 0 saturated carbocycles. The van der Waals surface area contributed by atoms with Crippen LogP contribution in [0.2, 0.25) is 0 Å². The number of carbonyl (C=O) groups excluding carboxylic acids is 3. The van der Waals surface area contributed by atoms with Crippen LogP contribution < -0.4 is 0 Å². The summed E-state index contributed by atoms with van der Waals surface area (Å²) in [6.45, 7) is 8.72. The van der Waals surface area contributed by atoms with Crippen LogP contribution in [0, 0.1) is 0 Å². The SMILES string of the molecule is CCN1CCCN(C(=O)c2ccccc2S[C@@H]2CC(=O)N(CC)C2=O)CC1. The summed E-state index contributed by atoms with van der Waals surface area (Å²) in [5.41, 5.74) is 0.627. The summed E-state index contributed by atoms with van der Waals surface area (Å²) in [4.78, 5) is 43.9. The van der Waals surface area contributed by atoms with Gasteiger partial charge in [0.1, 0.15) is 0 Å². The second-order valence-corrected chi connectivity index (χ2v) is 8.11. The van der Waals surface area contributed by atoms with Gasteiger partial charge in [-0.2, -0.15) is 0 Å². The Kier molecular flexibility index (Phi) is 6.55. The minimum atomic E-state index is -0.439. The number of hydrogen-bond acceptors (Lipinski definition) is 5. The fraction of sp³-hybridized carbons (Fsp3) is 0.550. The summed E-state index contributed by atoms with van der Waals surface area (Å²) in [6, 6.07) is 7.43. The lowest BCUT2D eigenvalue weighted by atomic mass is 10.2. The maximum atomic E-state index is 13.1. The summed E-state index contributed by atoms with van der Waals surface area (Å²) in [5.74, 6) is -0.265. The molecule has 3 rings (SSSR count). The number of benzene rings is 1. The van der Waals surface area contributed by atoms with Gasteiger partial charge in [-0.05, 0) is 38.6 Å². The van der Waals surface area contributed by atoms with E-state index in [-0.39, 0.29) is 24.1 Å². The van der Waals surface area contributed by atoms with Crippen molar-refractivity contribution in [1.82, 2.24) is 14.7 Å². The van der Waals surface area contributed by atoms with Gasteiger partial charge in [0.2, 0.25) is 11.8 Å². The highest BCUT2D eigenvalue weighted by molar-refractivity contribution is 8.00. The highest BCUT2D eigenvalue weighted by Gasteiger charge is 2.38. The van der Waals surface area contributed by atoms with Crippen molar-refractivity contribution in [1.29, 1.82) is 0 Å². The molecule has 3 amide bonds. The van der Waals surface area contributed by atoms with E-state index in [1.54, 1.807) is 6.92 Å². The van der Waals surface area contributed by atoms with E-state index in [2.05, 4.69) is 11.8 Å². The van der Waals surface area contributed by atoms with Gasteiger partial charge in [0, 0.05) is 37.5 Å². The van der Waals surface area contributed by atoms with Gasteiger partial charge in [0.15, 0.2) is 0 Å². The minimum Gasteiger partial charge on any atom is -0.337 e. The van der Waals surface area contributed by atoms with E-state index in [1.165, 1.54) is 16.7 Å². The highest BCUT2D eigenvalue weighted by atomic mass is 32.2. The monoisotopic (exact) mass is 389 g/mol. The molecule has 27 heavy (non-hydrogen) atoms. The van der Waals surface area contributed by atoms with Crippen LogP contribution >= 0.6 is 11.8 Å². The summed E-state index contributed by atoms with van der Waals surface area (Å²) in [7, 11) is 0. The summed E-state index contributed by atoms with van der Waals surface area (Å²) >= 11 is 1.34. The van der Waals surface area contributed by atoms with Gasteiger partial charge < -0.3 is 9.80 Å². The normalized spacial score (nSPS) is 21.6. The van der Waals surface area contributed by atoms with Crippen LogP contribution in [0.4, 0.5) is 0 Å². The molecule has 6 nitrogen and oxygen atoms in total. The van der Waals surface area contributed by atoms with E-state index in [0.717, 1.165) is 44.0 Å². The molecule has 0 unspecified atom stereocenters. The molecule has 1 aromatic rings. The van der Waals surface area contributed by atoms with Gasteiger partial charge in [-0.25, -0.2) is 0 Å². The molecular weight excluding hydrogens is 362 g/mol. The van der Waals surface area contributed by atoms with E-state index in [9.17, 15) is 14.4 Å². The smallest absolute Gasteiger partial charge is 0.255 e. The molecule has 146 valence electrons. The Labute approximate surface area is 164 Å². The molecule has 2 saturated heterocycles. The number of amides is 3. The lowest BCUT2D eigenvalue weighted by Gasteiger charge is -2.22. The van der Waals surface area contributed by atoms with E-state index in [0.29, 0.717) is 12.1 Å². The van der Waals surface area contributed by atoms with Crippen molar-refractivity contribution in [3.63, 3.8) is 0 Å². The van der Waals surface area contributed by atoms with Crippen molar-refractivity contribution in [3.8, 4) is 0 Å². The van der Waals surface area contributed by atoms with Crippen LogP contribution in [0.3, 0.4) is 0 Å². The Morgan fingerprint density at radius 2 is 1.85 bits per heavy atom. The maximum Gasteiger partial charge on any atom is 0.255 e. The van der Waals surface area contributed by atoms with Crippen LogP contribution in [-0.2, 0) is 9.59 Å². The zero-order chi connectivity index (χ0) is 19.4. The van der Waals surface area contributed by atoms with Crippen LogP contribution in [0.15, 0.2) is 29.2 Å². The average molecular weight is 390 g/mol. The van der Waals surface area contributed by atoms with Gasteiger partial charge in [0.05, 0.1) is 10.8 Å². The Bertz CT molecular complexity index is 724. The van der Waals surface area contributed by atoms with Crippen LogP contribution in [0.1, 0.15) is 37.0 Å². The lowest BCUT2D eigenvalue weighted by molar-refractivity contribution is -0.137. The van der Waals surface area contributed by atoms with Crippen molar-refractivity contribution < 1.29 is 14.4 Å². The fourth-order valence-corrected chi connectivity index (χ4v) is 4.84. The summed E-state index contributed by atoms with van der Waals surface area (Å²) in [6.07, 6.45) is 1.17. The first-order valence-corrected chi connectivity index (χ1v) is 10.5. The Hall–Kier alpha value is -1.86. The Morgan fingerprint density at radius 3 is 2.56 bits per heavy atom. The number of nitrogens with zero attached hydrogens (tertiary/aromatic N) is 3. The van der Waals surface area contributed by atoms with Crippen molar-refractivity contribution in [2.75, 3.05) is 39.3 Å². The van der Waals surface area contributed by atoms with Gasteiger partial charge in [-0.3, -0.25) is 19.3 Å². The first-order valence-electron chi connectivity index (χ1n) is 9.66. The van der Waals surface area contributed by atoms with Gasteiger partial charge in [-0.15, -0.1) is 11.8 Å². The number of thioether (sulfide) groups is 1. The summed E-state index contributed by atoms with van der Waals surface area (Å²) in [5, 5.41) is -0.439. The topological polar surface area (TPSA) is 60.9 Å². The number of hydrogen-bond donors (Lipinski definition) is 0. The third-order valence-electron chi connectivity index (χ3n) is 5.23. The second kappa shape index (κ2) is 8.89. The molecule has 2 aliphatic heterocycles. The van der Waals surface area contributed by atoms with Crippen molar-refractivity contribution in [2.45, 2.75) is 36.8 Å². The number of rotatable bonds is 5. The van der Waals surface area contributed by atoms with E-state index >= 15 is 0 Å². The highest BCUT2D eigenvalue weighted by Crippen LogP contribution is 2.34. The molecule has 0 spiro atoms.